The Labute approximate surface area is 187 Å². The summed E-state index contributed by atoms with van der Waals surface area (Å²) in [7, 11) is 0. The molecule has 4 rings (SSSR count). The van der Waals surface area contributed by atoms with E-state index in [9.17, 15) is 14.0 Å². The second-order valence-corrected chi connectivity index (χ2v) is 9.39. The lowest BCUT2D eigenvalue weighted by Crippen LogP contribution is -2.65. The van der Waals surface area contributed by atoms with Gasteiger partial charge in [-0.3, -0.25) is 9.69 Å². The number of imidazole rings is 1. The van der Waals surface area contributed by atoms with Crippen molar-refractivity contribution in [3.05, 3.63) is 53.9 Å². The molecule has 172 valence electrons. The molecule has 8 nitrogen and oxygen atoms in total. The molecule has 0 spiro atoms. The lowest BCUT2D eigenvalue weighted by Gasteiger charge is -2.47. The van der Waals surface area contributed by atoms with E-state index < -0.39 is 17.7 Å². The minimum atomic E-state index is -0.589. The van der Waals surface area contributed by atoms with Gasteiger partial charge in [-0.1, -0.05) is 12.1 Å². The summed E-state index contributed by atoms with van der Waals surface area (Å²) in [5.74, 6) is -0.361. The van der Waals surface area contributed by atoms with Crippen LogP contribution in [0.4, 0.5) is 9.18 Å². The number of hydrogen-bond donors (Lipinski definition) is 1. The summed E-state index contributed by atoms with van der Waals surface area (Å²) in [5, 5.41) is 2.99. The van der Waals surface area contributed by atoms with Crippen LogP contribution in [-0.4, -0.2) is 69.2 Å². The van der Waals surface area contributed by atoms with Gasteiger partial charge in [-0.25, -0.2) is 14.2 Å². The fourth-order valence-electron chi connectivity index (χ4n) is 4.40. The van der Waals surface area contributed by atoms with E-state index in [2.05, 4.69) is 19.8 Å². The van der Waals surface area contributed by atoms with Gasteiger partial charge in [0.15, 0.2) is 0 Å². The van der Waals surface area contributed by atoms with Crippen molar-refractivity contribution in [2.45, 2.75) is 51.4 Å². The Morgan fingerprint density at radius 3 is 2.62 bits per heavy atom. The third-order valence-corrected chi connectivity index (χ3v) is 6.05. The molecule has 0 aliphatic carbocycles. The molecule has 0 saturated carbocycles. The highest BCUT2D eigenvalue weighted by atomic mass is 19.1. The third kappa shape index (κ3) is 4.48. The van der Waals surface area contributed by atoms with Crippen LogP contribution in [-0.2, 0) is 9.53 Å². The summed E-state index contributed by atoms with van der Waals surface area (Å²) in [4.78, 5) is 33.3. The van der Waals surface area contributed by atoms with Crippen LogP contribution < -0.4 is 5.32 Å². The van der Waals surface area contributed by atoms with Gasteiger partial charge in [-0.15, -0.1) is 0 Å². The van der Waals surface area contributed by atoms with Crippen LogP contribution in [0.3, 0.4) is 0 Å². The SMILES string of the molecule is C[C@H](c1ccc(F)cc1)n1cncc1C1CNC(=O)C2CN(C(=O)OC(C)(C)C)CCN21. The largest absolute Gasteiger partial charge is 0.444 e. The first-order chi connectivity index (χ1) is 15.1. The fourth-order valence-corrected chi connectivity index (χ4v) is 4.40. The van der Waals surface area contributed by atoms with Crippen molar-refractivity contribution in [3.8, 4) is 0 Å². The number of hydrogen-bond acceptors (Lipinski definition) is 5. The van der Waals surface area contributed by atoms with E-state index in [0.717, 1.165) is 11.3 Å². The molecule has 32 heavy (non-hydrogen) atoms. The quantitative estimate of drug-likeness (QED) is 0.789. The molecule has 2 amide bonds. The predicted octanol–water partition coefficient (Wildman–Crippen LogP) is 2.72. The van der Waals surface area contributed by atoms with E-state index in [0.29, 0.717) is 19.6 Å². The third-order valence-electron chi connectivity index (χ3n) is 6.05. The summed E-state index contributed by atoms with van der Waals surface area (Å²) in [6.07, 6.45) is 3.19. The Morgan fingerprint density at radius 1 is 1.22 bits per heavy atom. The van der Waals surface area contributed by atoms with E-state index in [1.54, 1.807) is 23.4 Å². The van der Waals surface area contributed by atoms with E-state index in [1.807, 2.05) is 33.9 Å². The highest BCUT2D eigenvalue weighted by Crippen LogP contribution is 2.31. The molecule has 2 aliphatic heterocycles. The number of aromatic nitrogens is 2. The topological polar surface area (TPSA) is 79.7 Å². The van der Waals surface area contributed by atoms with E-state index in [-0.39, 0.29) is 30.4 Å². The van der Waals surface area contributed by atoms with Crippen molar-refractivity contribution >= 4 is 12.0 Å². The normalized spacial score (nSPS) is 22.8. The van der Waals surface area contributed by atoms with Crippen molar-refractivity contribution in [2.24, 2.45) is 0 Å². The Morgan fingerprint density at radius 2 is 1.94 bits per heavy atom. The van der Waals surface area contributed by atoms with Gasteiger partial charge in [-0.2, -0.15) is 0 Å². The van der Waals surface area contributed by atoms with Crippen molar-refractivity contribution < 1.29 is 18.7 Å². The standard InChI is InChI=1S/C23H30FN5O3/c1-15(16-5-7-17(24)8-6-16)29-14-25-11-18(29)19-12-26-21(30)20-13-27(9-10-28(19)20)22(31)32-23(2,3)4/h5-8,11,14-15,19-20H,9-10,12-13H2,1-4H3,(H,26,30)/t15-,19?,20?/m1/s1. The van der Waals surface area contributed by atoms with Gasteiger partial charge in [0.1, 0.15) is 17.5 Å². The number of rotatable bonds is 3. The monoisotopic (exact) mass is 443 g/mol. The molecule has 1 aromatic heterocycles. The number of amides is 2. The lowest BCUT2D eigenvalue weighted by molar-refractivity contribution is -0.134. The maximum Gasteiger partial charge on any atom is 0.410 e. The van der Waals surface area contributed by atoms with Crippen molar-refractivity contribution in [1.29, 1.82) is 0 Å². The van der Waals surface area contributed by atoms with Gasteiger partial charge in [-0.05, 0) is 45.4 Å². The Bertz CT molecular complexity index is 984. The van der Waals surface area contributed by atoms with Gasteiger partial charge >= 0.3 is 6.09 Å². The zero-order chi connectivity index (χ0) is 23.0. The van der Waals surface area contributed by atoms with Crippen LogP contribution >= 0.6 is 0 Å². The number of benzene rings is 1. The van der Waals surface area contributed by atoms with Crippen LogP contribution in [0.5, 0.6) is 0 Å². The number of nitrogens with one attached hydrogen (secondary N) is 1. The maximum absolute atomic E-state index is 13.4. The molecule has 0 bridgehead atoms. The van der Waals surface area contributed by atoms with Gasteiger partial charge in [0, 0.05) is 32.4 Å². The number of piperazine rings is 2. The maximum atomic E-state index is 13.4. The lowest BCUT2D eigenvalue weighted by atomic mass is 10.0. The van der Waals surface area contributed by atoms with Crippen LogP contribution in [0.1, 0.15) is 51.0 Å². The molecule has 2 unspecified atom stereocenters. The molecule has 2 aliphatic rings. The fraction of sp³-hybridized carbons (Fsp3) is 0.522. The second-order valence-electron chi connectivity index (χ2n) is 9.39. The minimum absolute atomic E-state index is 0.0489. The van der Waals surface area contributed by atoms with E-state index in [4.69, 9.17) is 4.74 Å². The zero-order valence-electron chi connectivity index (χ0n) is 18.9. The van der Waals surface area contributed by atoms with Gasteiger partial charge in [0.05, 0.1) is 24.1 Å². The predicted molar refractivity (Wildman–Crippen MR) is 116 cm³/mol. The second kappa shape index (κ2) is 8.54. The first-order valence-electron chi connectivity index (χ1n) is 10.9. The Balaban J connectivity index is 1.54. The first kappa shape index (κ1) is 22.3. The van der Waals surface area contributed by atoms with Crippen molar-refractivity contribution in [2.75, 3.05) is 26.2 Å². The average Bonchev–Trinajstić information content (AvgIpc) is 3.22. The zero-order valence-corrected chi connectivity index (χ0v) is 18.9. The van der Waals surface area contributed by atoms with E-state index >= 15 is 0 Å². The molecule has 3 heterocycles. The smallest absolute Gasteiger partial charge is 0.410 e. The molecule has 2 aromatic rings. The summed E-state index contributed by atoms with van der Waals surface area (Å²) in [6, 6.07) is 5.87. The first-order valence-corrected chi connectivity index (χ1v) is 10.9. The van der Waals surface area contributed by atoms with Crippen molar-refractivity contribution in [1.82, 2.24) is 24.7 Å². The molecule has 1 N–H and O–H groups in total. The average molecular weight is 444 g/mol. The Kier molecular flexibility index (Phi) is 5.94. The molecule has 2 fully saturated rings. The van der Waals surface area contributed by atoms with Crippen LogP contribution in [0, 0.1) is 5.82 Å². The molecule has 2 saturated heterocycles. The molecule has 0 radical (unpaired) electrons. The van der Waals surface area contributed by atoms with Gasteiger partial charge in [0.25, 0.3) is 0 Å². The summed E-state index contributed by atoms with van der Waals surface area (Å²) in [5.41, 5.74) is 1.35. The number of carbonyl (C=O) groups excluding carboxylic acids is 2. The van der Waals surface area contributed by atoms with Crippen LogP contribution in [0.15, 0.2) is 36.8 Å². The van der Waals surface area contributed by atoms with Crippen molar-refractivity contribution in [3.63, 3.8) is 0 Å². The highest BCUT2D eigenvalue weighted by Gasteiger charge is 2.43. The van der Waals surface area contributed by atoms with E-state index in [1.165, 1.54) is 12.1 Å². The number of nitrogens with zero attached hydrogens (tertiary/aromatic N) is 4. The number of fused-ring (bicyclic) bond motifs is 1. The van der Waals surface area contributed by atoms with Crippen LogP contribution in [0.2, 0.25) is 0 Å². The highest BCUT2D eigenvalue weighted by molar-refractivity contribution is 5.84. The molecule has 1 aromatic carbocycles. The number of ether oxygens (including phenoxy) is 1. The molecule has 3 atom stereocenters. The van der Waals surface area contributed by atoms with Gasteiger partial charge in [0.2, 0.25) is 5.91 Å². The summed E-state index contributed by atoms with van der Waals surface area (Å²) >= 11 is 0. The molecule has 9 heteroatoms. The molecular formula is C23H30FN5O3. The summed E-state index contributed by atoms with van der Waals surface area (Å²) < 4.78 is 20.9. The molecular weight excluding hydrogens is 413 g/mol. The van der Waals surface area contributed by atoms with Crippen LogP contribution in [0.25, 0.3) is 0 Å². The summed E-state index contributed by atoms with van der Waals surface area (Å²) in [6.45, 7) is 9.30. The Hall–Kier alpha value is -2.94. The minimum Gasteiger partial charge on any atom is -0.444 e. The number of halogens is 1. The number of carbonyl (C=O) groups is 2. The van der Waals surface area contributed by atoms with Gasteiger partial charge < -0.3 is 19.5 Å².